The smallest absolute Gasteiger partial charge is 0.255 e. The average Bonchev–Trinajstić information content (AvgIpc) is 2.78. The monoisotopic (exact) mass is 330 g/mol. The normalized spacial score (nSPS) is 22.5. The molecule has 0 saturated carbocycles. The molecule has 2 unspecified atom stereocenters. The molecule has 2 N–H and O–H groups in total. The second-order valence-electron chi connectivity index (χ2n) is 4.70. The van der Waals surface area contributed by atoms with Crippen LogP contribution in [0.4, 0.5) is 10.1 Å². The van der Waals surface area contributed by atoms with Gasteiger partial charge in [0.05, 0.1) is 23.4 Å². The molecule has 0 aliphatic carbocycles. The van der Waals surface area contributed by atoms with E-state index in [4.69, 9.17) is 10.5 Å². The standard InChI is InChI=1S/C13H16BrFN2O2/c1-7-12(3-4-19-7)17(2)13(18)8-5-11(16)10(15)6-9(8)14/h5-7,12H,3-4,16H2,1-2H3. The maximum atomic E-state index is 13.3. The summed E-state index contributed by atoms with van der Waals surface area (Å²) in [6.45, 7) is 2.59. The first-order valence-corrected chi connectivity index (χ1v) is 6.84. The van der Waals surface area contributed by atoms with Crippen molar-refractivity contribution in [3.05, 3.63) is 28.0 Å². The fourth-order valence-corrected chi connectivity index (χ4v) is 2.78. The Morgan fingerprint density at radius 1 is 1.58 bits per heavy atom. The number of nitrogens with zero attached hydrogens (tertiary/aromatic N) is 1. The summed E-state index contributed by atoms with van der Waals surface area (Å²) in [4.78, 5) is 14.1. The van der Waals surface area contributed by atoms with Crippen LogP contribution in [0.5, 0.6) is 0 Å². The number of amides is 1. The topological polar surface area (TPSA) is 55.6 Å². The zero-order chi connectivity index (χ0) is 14.2. The van der Waals surface area contributed by atoms with Crippen LogP contribution in [0.1, 0.15) is 23.7 Å². The third kappa shape index (κ3) is 2.74. The van der Waals surface area contributed by atoms with Crippen LogP contribution >= 0.6 is 15.9 Å². The first-order valence-electron chi connectivity index (χ1n) is 6.05. The van der Waals surface area contributed by atoms with Crippen LogP contribution in [0, 0.1) is 5.82 Å². The number of hydrogen-bond donors (Lipinski definition) is 1. The third-order valence-corrected chi connectivity index (χ3v) is 4.13. The molecule has 1 aromatic carbocycles. The average molecular weight is 331 g/mol. The Bertz CT molecular complexity index is 510. The van der Waals surface area contributed by atoms with E-state index >= 15 is 0 Å². The van der Waals surface area contributed by atoms with Gasteiger partial charge in [0.1, 0.15) is 5.82 Å². The van der Waals surface area contributed by atoms with E-state index < -0.39 is 5.82 Å². The molecule has 0 radical (unpaired) electrons. The van der Waals surface area contributed by atoms with Gasteiger partial charge >= 0.3 is 0 Å². The summed E-state index contributed by atoms with van der Waals surface area (Å²) in [5, 5.41) is 0. The second-order valence-corrected chi connectivity index (χ2v) is 5.56. The van der Waals surface area contributed by atoms with Gasteiger partial charge in [0.15, 0.2) is 0 Å². The van der Waals surface area contributed by atoms with Gasteiger partial charge in [-0.25, -0.2) is 4.39 Å². The number of ether oxygens (including phenoxy) is 1. The quantitative estimate of drug-likeness (QED) is 0.847. The zero-order valence-corrected chi connectivity index (χ0v) is 12.4. The molecule has 104 valence electrons. The lowest BCUT2D eigenvalue weighted by atomic mass is 10.1. The SMILES string of the molecule is CC1OCCC1N(C)C(=O)c1cc(N)c(F)cc1Br. The van der Waals surface area contributed by atoms with Crippen molar-refractivity contribution in [2.75, 3.05) is 19.4 Å². The van der Waals surface area contributed by atoms with Crippen LogP contribution in [0.15, 0.2) is 16.6 Å². The molecule has 0 spiro atoms. The molecule has 1 aliphatic rings. The molecule has 1 aliphatic heterocycles. The van der Waals surface area contributed by atoms with Crippen molar-refractivity contribution in [3.8, 4) is 0 Å². The Hall–Kier alpha value is -1.14. The Labute approximate surface area is 119 Å². The molecular formula is C13H16BrFN2O2. The maximum Gasteiger partial charge on any atom is 0.255 e. The molecule has 1 heterocycles. The van der Waals surface area contributed by atoms with Crippen LogP contribution in [-0.2, 0) is 4.74 Å². The Morgan fingerprint density at radius 2 is 2.26 bits per heavy atom. The van der Waals surface area contributed by atoms with Gasteiger partial charge in [-0.2, -0.15) is 0 Å². The lowest BCUT2D eigenvalue weighted by Crippen LogP contribution is -2.41. The molecule has 1 amide bonds. The van der Waals surface area contributed by atoms with Gasteiger partial charge in [-0.15, -0.1) is 0 Å². The van der Waals surface area contributed by atoms with Crippen LogP contribution < -0.4 is 5.73 Å². The van der Waals surface area contributed by atoms with E-state index in [1.54, 1.807) is 11.9 Å². The number of benzene rings is 1. The van der Waals surface area contributed by atoms with E-state index in [0.717, 1.165) is 6.42 Å². The molecule has 6 heteroatoms. The minimum absolute atomic E-state index is 0.00511. The van der Waals surface area contributed by atoms with Gasteiger partial charge in [-0.1, -0.05) is 0 Å². The first kappa shape index (κ1) is 14.3. The predicted molar refractivity (Wildman–Crippen MR) is 74.4 cm³/mol. The molecule has 19 heavy (non-hydrogen) atoms. The molecular weight excluding hydrogens is 315 g/mol. The minimum atomic E-state index is -0.538. The largest absolute Gasteiger partial charge is 0.396 e. The lowest BCUT2D eigenvalue weighted by Gasteiger charge is -2.27. The fourth-order valence-electron chi connectivity index (χ4n) is 2.30. The van der Waals surface area contributed by atoms with Crippen molar-refractivity contribution >= 4 is 27.5 Å². The Morgan fingerprint density at radius 3 is 2.84 bits per heavy atom. The highest BCUT2D eigenvalue weighted by Crippen LogP contribution is 2.26. The molecule has 4 nitrogen and oxygen atoms in total. The molecule has 1 saturated heterocycles. The van der Waals surface area contributed by atoms with E-state index in [2.05, 4.69) is 15.9 Å². The number of hydrogen-bond acceptors (Lipinski definition) is 3. The maximum absolute atomic E-state index is 13.3. The molecule has 2 rings (SSSR count). The molecule has 1 fully saturated rings. The van der Waals surface area contributed by atoms with Crippen LogP contribution in [0.2, 0.25) is 0 Å². The van der Waals surface area contributed by atoms with E-state index in [1.807, 2.05) is 6.92 Å². The van der Waals surface area contributed by atoms with E-state index in [9.17, 15) is 9.18 Å². The molecule has 0 bridgehead atoms. The molecule has 1 aromatic rings. The zero-order valence-electron chi connectivity index (χ0n) is 10.8. The third-order valence-electron chi connectivity index (χ3n) is 3.47. The second kappa shape index (κ2) is 5.46. The molecule has 2 atom stereocenters. The van der Waals surface area contributed by atoms with Crippen molar-refractivity contribution in [1.82, 2.24) is 4.90 Å². The summed E-state index contributed by atoms with van der Waals surface area (Å²) in [5.41, 5.74) is 5.85. The van der Waals surface area contributed by atoms with Gasteiger partial charge in [0.25, 0.3) is 5.91 Å². The lowest BCUT2D eigenvalue weighted by molar-refractivity contribution is 0.0574. The van der Waals surface area contributed by atoms with Crippen molar-refractivity contribution in [1.29, 1.82) is 0 Å². The molecule has 0 aromatic heterocycles. The predicted octanol–water partition coefficient (Wildman–Crippen LogP) is 2.42. The first-order chi connectivity index (χ1) is 8.91. The number of nitrogens with two attached hydrogens (primary N) is 1. The summed E-state index contributed by atoms with van der Waals surface area (Å²) in [6, 6.07) is 2.61. The highest BCUT2D eigenvalue weighted by atomic mass is 79.9. The number of carbonyl (C=O) groups excluding carboxylic acids is 1. The number of carbonyl (C=O) groups is 1. The van der Waals surface area contributed by atoms with Crippen molar-refractivity contribution in [2.45, 2.75) is 25.5 Å². The van der Waals surface area contributed by atoms with Crippen molar-refractivity contribution in [3.63, 3.8) is 0 Å². The highest BCUT2D eigenvalue weighted by Gasteiger charge is 2.31. The van der Waals surface area contributed by atoms with Gasteiger partial charge in [0.2, 0.25) is 0 Å². The summed E-state index contributed by atoms with van der Waals surface area (Å²) in [7, 11) is 1.73. The number of nitrogen functional groups attached to an aromatic ring is 1. The van der Waals surface area contributed by atoms with Gasteiger partial charge in [-0.05, 0) is 41.4 Å². The number of halogens is 2. The number of rotatable bonds is 2. The fraction of sp³-hybridized carbons (Fsp3) is 0.462. The number of anilines is 1. The minimum Gasteiger partial charge on any atom is -0.396 e. The van der Waals surface area contributed by atoms with Gasteiger partial charge in [-0.3, -0.25) is 4.79 Å². The summed E-state index contributed by atoms with van der Waals surface area (Å²) in [6.07, 6.45) is 0.808. The highest BCUT2D eigenvalue weighted by molar-refractivity contribution is 9.10. The van der Waals surface area contributed by atoms with Crippen molar-refractivity contribution in [2.24, 2.45) is 0 Å². The number of likely N-dealkylation sites (N-methyl/N-ethyl adjacent to an activating group) is 1. The van der Waals surface area contributed by atoms with Crippen LogP contribution in [0.25, 0.3) is 0 Å². The summed E-state index contributed by atoms with van der Waals surface area (Å²) in [5.74, 6) is -0.732. The Balaban J connectivity index is 2.26. The van der Waals surface area contributed by atoms with E-state index in [-0.39, 0.29) is 23.7 Å². The summed E-state index contributed by atoms with van der Waals surface area (Å²) < 4.78 is 19.1. The van der Waals surface area contributed by atoms with Gasteiger partial charge in [0, 0.05) is 18.1 Å². The Kier molecular flexibility index (Phi) is 4.10. The summed E-state index contributed by atoms with van der Waals surface area (Å²) >= 11 is 3.20. The van der Waals surface area contributed by atoms with Crippen LogP contribution in [-0.4, -0.2) is 36.6 Å². The van der Waals surface area contributed by atoms with Crippen LogP contribution in [0.3, 0.4) is 0 Å². The van der Waals surface area contributed by atoms with Crippen molar-refractivity contribution < 1.29 is 13.9 Å². The van der Waals surface area contributed by atoms with E-state index in [0.29, 0.717) is 16.6 Å². The van der Waals surface area contributed by atoms with E-state index in [1.165, 1.54) is 12.1 Å². The van der Waals surface area contributed by atoms with Gasteiger partial charge < -0.3 is 15.4 Å².